The Kier molecular flexibility index (Phi) is 6.98. The zero-order valence-corrected chi connectivity index (χ0v) is 19.4. The maximum Gasteiger partial charge on any atom is 0.335 e. The maximum absolute atomic E-state index is 13.3. The van der Waals surface area contributed by atoms with Crippen molar-refractivity contribution in [3.05, 3.63) is 108 Å². The van der Waals surface area contributed by atoms with E-state index in [9.17, 15) is 27.5 Å². The van der Waals surface area contributed by atoms with E-state index in [-0.39, 0.29) is 28.4 Å². The van der Waals surface area contributed by atoms with Crippen LogP contribution in [-0.2, 0) is 10.9 Å². The lowest BCUT2D eigenvalue weighted by Crippen LogP contribution is -2.16. The van der Waals surface area contributed by atoms with Gasteiger partial charge in [-0.1, -0.05) is 24.3 Å². The summed E-state index contributed by atoms with van der Waals surface area (Å²) in [6, 6.07) is 21.6. The normalized spacial score (nSPS) is 10.7. The number of rotatable bonds is 7. The van der Waals surface area contributed by atoms with Crippen molar-refractivity contribution in [3.8, 4) is 16.9 Å². The number of hydrogen-bond acceptors (Lipinski definition) is 5. The van der Waals surface area contributed by atoms with Crippen LogP contribution < -0.4 is 9.62 Å². The first-order valence-electron chi connectivity index (χ1n) is 10.5. The fraction of sp³-hybridized carbons (Fsp3) is 0. The van der Waals surface area contributed by atoms with Crippen LogP contribution in [0.1, 0.15) is 20.7 Å². The molecule has 0 radical (unpaired) electrons. The van der Waals surface area contributed by atoms with E-state index < -0.39 is 28.6 Å². The van der Waals surface area contributed by atoms with Crippen molar-refractivity contribution >= 4 is 39.8 Å². The summed E-state index contributed by atoms with van der Waals surface area (Å²) in [5.74, 6) is -2.39. The largest absolute Gasteiger partial charge is 0.506 e. The summed E-state index contributed by atoms with van der Waals surface area (Å²) in [6.45, 7) is 0. The number of carbonyl (C=O) groups excluding carboxylic acids is 1. The average Bonchev–Trinajstić information content (AvgIpc) is 2.87. The van der Waals surface area contributed by atoms with E-state index in [0.717, 1.165) is 27.6 Å². The molecule has 0 atom stereocenters. The number of phenolic OH excluding ortho intramolecular Hbond substituents is 1. The zero-order chi connectivity index (χ0) is 25.8. The van der Waals surface area contributed by atoms with E-state index >= 15 is 0 Å². The molecular formula is C26H19FN2O6S. The predicted molar refractivity (Wildman–Crippen MR) is 134 cm³/mol. The summed E-state index contributed by atoms with van der Waals surface area (Å²) in [6.07, 6.45) is 0. The molecule has 182 valence electrons. The number of anilines is 3. The van der Waals surface area contributed by atoms with Crippen molar-refractivity contribution < 1.29 is 32.6 Å². The lowest BCUT2D eigenvalue weighted by atomic mass is 10.0. The number of hydrogen-bond donors (Lipinski definition) is 4. The van der Waals surface area contributed by atoms with Crippen molar-refractivity contribution in [2.24, 2.45) is 0 Å². The van der Waals surface area contributed by atoms with Crippen LogP contribution in [0.3, 0.4) is 0 Å². The van der Waals surface area contributed by atoms with Crippen molar-refractivity contribution in [2.45, 2.75) is 0 Å². The molecule has 0 aliphatic carbocycles. The minimum atomic E-state index is -3.24. The Morgan fingerprint density at radius 2 is 1.33 bits per heavy atom. The number of carbonyl (C=O) groups is 2. The third-order valence-corrected chi connectivity index (χ3v) is 6.08. The summed E-state index contributed by atoms with van der Waals surface area (Å²) in [4.78, 5) is 23.8. The summed E-state index contributed by atoms with van der Waals surface area (Å²) >= 11 is 0. The molecule has 0 saturated carbocycles. The molecule has 0 saturated heterocycles. The highest BCUT2D eigenvalue weighted by Crippen LogP contribution is 2.35. The molecule has 4 aromatic carbocycles. The number of aromatic hydroxyl groups is 1. The molecule has 0 spiro atoms. The Hall–Kier alpha value is -4.70. The van der Waals surface area contributed by atoms with Crippen molar-refractivity contribution in [1.29, 1.82) is 0 Å². The minimum absolute atomic E-state index is 0.110. The average molecular weight is 507 g/mol. The number of phenols is 1. The van der Waals surface area contributed by atoms with Crippen LogP contribution in [0.4, 0.5) is 21.5 Å². The molecule has 8 nitrogen and oxygen atoms in total. The number of carboxylic acid groups (broad SMARTS) is 1. The molecule has 0 heterocycles. The van der Waals surface area contributed by atoms with Crippen LogP contribution in [0.25, 0.3) is 11.1 Å². The second-order valence-corrected chi connectivity index (χ2v) is 8.52. The van der Waals surface area contributed by atoms with Gasteiger partial charge in [0.05, 0.1) is 11.3 Å². The zero-order valence-electron chi connectivity index (χ0n) is 18.5. The van der Waals surface area contributed by atoms with Gasteiger partial charge in [-0.3, -0.25) is 4.79 Å². The van der Waals surface area contributed by atoms with Crippen LogP contribution in [0.2, 0.25) is 0 Å². The number of benzene rings is 4. The van der Waals surface area contributed by atoms with E-state index in [1.165, 1.54) is 42.5 Å². The monoisotopic (exact) mass is 506 g/mol. The third-order valence-electron chi connectivity index (χ3n) is 5.31. The fourth-order valence-electron chi connectivity index (χ4n) is 3.50. The van der Waals surface area contributed by atoms with Gasteiger partial charge in [0.1, 0.15) is 17.3 Å². The highest BCUT2D eigenvalue weighted by atomic mass is 32.2. The molecule has 0 aromatic heterocycles. The number of amides is 1. The quantitative estimate of drug-likeness (QED) is 0.211. The summed E-state index contributed by atoms with van der Waals surface area (Å²) in [7, 11) is -3.24. The Bertz CT molecular complexity index is 1490. The van der Waals surface area contributed by atoms with Crippen molar-refractivity contribution in [3.63, 3.8) is 0 Å². The first-order chi connectivity index (χ1) is 17.2. The predicted octanol–water partition coefficient (Wildman–Crippen LogP) is 4.81. The van der Waals surface area contributed by atoms with Crippen LogP contribution in [0, 0.1) is 5.82 Å². The van der Waals surface area contributed by atoms with Gasteiger partial charge in [0, 0.05) is 11.3 Å². The summed E-state index contributed by atoms with van der Waals surface area (Å²) in [5.41, 5.74) is 2.27. The number of thiol groups is 1. The molecule has 3 N–H and O–H groups in total. The van der Waals surface area contributed by atoms with Crippen LogP contribution in [-0.4, -0.2) is 30.5 Å². The van der Waals surface area contributed by atoms with Gasteiger partial charge in [-0.25, -0.2) is 21.9 Å². The maximum atomic E-state index is 13.3. The molecule has 0 unspecified atom stereocenters. The Balaban J connectivity index is 1.55. The molecule has 4 aromatic rings. The number of carboxylic acids is 1. The van der Waals surface area contributed by atoms with Gasteiger partial charge < -0.3 is 15.5 Å². The smallest absolute Gasteiger partial charge is 0.335 e. The van der Waals surface area contributed by atoms with E-state index in [2.05, 4.69) is 5.32 Å². The standard InChI is InChI=1S/C26H19FN2O6S/c27-20-9-12-22(13-10-20)29(36(34)35)23-15-21(11-14-24(23)30)28-25(31)18-5-1-16(2-6-18)17-3-7-19(8-4-17)26(32)33/h1-15,30,36H,(H,28,31)(H,32,33). The van der Waals surface area contributed by atoms with Gasteiger partial charge in [0.25, 0.3) is 5.91 Å². The number of nitrogens with one attached hydrogen (secondary N) is 1. The lowest BCUT2D eigenvalue weighted by molar-refractivity contribution is 0.0696. The summed E-state index contributed by atoms with van der Waals surface area (Å²) < 4.78 is 38.0. The van der Waals surface area contributed by atoms with Crippen LogP contribution in [0.15, 0.2) is 91.0 Å². The van der Waals surface area contributed by atoms with Crippen molar-refractivity contribution in [2.75, 3.05) is 9.62 Å². The molecule has 1 amide bonds. The van der Waals surface area contributed by atoms with Crippen LogP contribution >= 0.6 is 0 Å². The van der Waals surface area contributed by atoms with E-state index in [1.54, 1.807) is 36.4 Å². The van der Waals surface area contributed by atoms with Gasteiger partial charge in [0.2, 0.25) is 10.9 Å². The number of halogens is 1. The Morgan fingerprint density at radius 1 is 0.778 bits per heavy atom. The molecule has 0 aliphatic heterocycles. The third kappa shape index (κ3) is 5.34. The number of aromatic carboxylic acids is 1. The second-order valence-electron chi connectivity index (χ2n) is 7.64. The van der Waals surface area contributed by atoms with E-state index in [1.807, 2.05) is 0 Å². The van der Waals surface area contributed by atoms with Gasteiger partial charge in [-0.05, 0) is 77.9 Å². The molecular weight excluding hydrogens is 487 g/mol. The van der Waals surface area contributed by atoms with Gasteiger partial charge >= 0.3 is 5.97 Å². The minimum Gasteiger partial charge on any atom is -0.506 e. The lowest BCUT2D eigenvalue weighted by Gasteiger charge is -2.20. The van der Waals surface area contributed by atoms with E-state index in [0.29, 0.717) is 5.56 Å². The topological polar surface area (TPSA) is 124 Å². The molecule has 36 heavy (non-hydrogen) atoms. The first-order valence-corrected chi connectivity index (χ1v) is 11.6. The molecule has 0 bridgehead atoms. The molecule has 0 aliphatic rings. The molecule has 0 fully saturated rings. The molecule has 4 rings (SSSR count). The van der Waals surface area contributed by atoms with Gasteiger partial charge in [-0.2, -0.15) is 0 Å². The Labute approximate surface area is 207 Å². The summed E-state index contributed by atoms with van der Waals surface area (Å²) in [5, 5.41) is 22.0. The fourth-order valence-corrected chi connectivity index (χ4v) is 4.16. The molecule has 10 heteroatoms. The number of nitrogens with zero attached hydrogens (tertiary/aromatic N) is 1. The van der Waals surface area contributed by atoms with E-state index in [4.69, 9.17) is 5.11 Å². The van der Waals surface area contributed by atoms with Gasteiger partial charge in [0.15, 0.2) is 0 Å². The van der Waals surface area contributed by atoms with Crippen molar-refractivity contribution in [1.82, 2.24) is 0 Å². The first kappa shape index (κ1) is 24.4. The second kappa shape index (κ2) is 10.3. The SMILES string of the molecule is O=C(O)c1ccc(-c2ccc(C(=O)Nc3ccc(O)c(N(c4ccc(F)cc4)[SH](=O)=O)c3)cc2)cc1. The highest BCUT2D eigenvalue weighted by Gasteiger charge is 2.18. The Morgan fingerprint density at radius 3 is 1.86 bits per heavy atom. The van der Waals surface area contributed by atoms with Gasteiger partial charge in [-0.15, -0.1) is 0 Å². The van der Waals surface area contributed by atoms with Crippen LogP contribution in [0.5, 0.6) is 5.75 Å². The highest BCUT2D eigenvalue weighted by molar-refractivity contribution is 7.74.